The molecular weight excluding hydrogens is 418 g/mol. The first kappa shape index (κ1) is 22.3. The van der Waals surface area contributed by atoms with Crippen LogP contribution in [0, 0.1) is 0 Å². The number of hydrogen-bond acceptors (Lipinski definition) is 4. The fourth-order valence-electron chi connectivity index (χ4n) is 3.96. The lowest BCUT2D eigenvalue weighted by molar-refractivity contribution is -0.134. The lowest BCUT2D eigenvalue weighted by Gasteiger charge is -2.22. The Bertz CT molecular complexity index is 1130. The molecule has 0 spiro atoms. The number of carbonyl (C=O) groups is 3. The van der Waals surface area contributed by atoms with E-state index in [1.54, 1.807) is 19.4 Å². The number of rotatable bonds is 8. The third kappa shape index (κ3) is 4.95. The Hall–Kier alpha value is -3.94. The van der Waals surface area contributed by atoms with Crippen molar-refractivity contribution in [2.45, 2.75) is 38.3 Å². The van der Waals surface area contributed by atoms with E-state index in [1.165, 1.54) is 0 Å². The van der Waals surface area contributed by atoms with Gasteiger partial charge in [-0.05, 0) is 49.9 Å². The third-order valence-corrected chi connectivity index (χ3v) is 5.98. The summed E-state index contributed by atoms with van der Waals surface area (Å²) in [6.07, 6.45) is 6.38. The molecule has 1 aliphatic rings. The molecule has 3 aromatic rings. The number of carbonyl (C=O) groups excluding carboxylic acids is 3. The minimum atomic E-state index is -1.03. The maximum absolute atomic E-state index is 13.0. The van der Waals surface area contributed by atoms with Gasteiger partial charge in [0.2, 0.25) is 5.91 Å². The van der Waals surface area contributed by atoms with Gasteiger partial charge in [0.1, 0.15) is 12.1 Å². The zero-order chi connectivity index (χ0) is 23.4. The topological polar surface area (TPSA) is 96.3 Å². The Morgan fingerprint density at radius 3 is 2.52 bits per heavy atom. The summed E-state index contributed by atoms with van der Waals surface area (Å²) in [5.74, 6) is -0.770. The number of nitrogens with zero attached hydrogens (tertiary/aromatic N) is 3. The van der Waals surface area contributed by atoms with Crippen molar-refractivity contribution in [3.05, 3.63) is 84.4 Å². The number of benzene rings is 2. The smallest absolute Gasteiger partial charge is 0.325 e. The van der Waals surface area contributed by atoms with Crippen molar-refractivity contribution in [2.24, 2.45) is 0 Å². The van der Waals surface area contributed by atoms with E-state index in [1.807, 2.05) is 72.3 Å². The standard InChI is InChI=1S/C25H27N5O3/c1-18(20-8-10-21(11-9-20)29-15-14-26-17-29)27-22(31)16-30-23(32)25(2,28-24(30)33)13-12-19-6-4-3-5-7-19/h3-11,14-15,17-18H,12-13,16H2,1-2H3,(H,27,31)(H,28,33). The van der Waals surface area contributed by atoms with Crippen LogP contribution in [0.1, 0.15) is 37.4 Å². The Balaban J connectivity index is 1.33. The van der Waals surface area contributed by atoms with Gasteiger partial charge in [-0.15, -0.1) is 0 Å². The molecule has 170 valence electrons. The highest BCUT2D eigenvalue weighted by molar-refractivity contribution is 6.08. The molecule has 4 amide bonds. The van der Waals surface area contributed by atoms with Gasteiger partial charge in [-0.1, -0.05) is 42.5 Å². The SMILES string of the molecule is CC(NC(=O)CN1C(=O)NC(C)(CCc2ccccc2)C1=O)c1ccc(-n2ccnc2)cc1. The van der Waals surface area contributed by atoms with E-state index in [0.29, 0.717) is 12.8 Å². The van der Waals surface area contributed by atoms with Crippen LogP contribution in [0.15, 0.2) is 73.3 Å². The molecule has 2 aromatic carbocycles. The van der Waals surface area contributed by atoms with Crippen molar-refractivity contribution >= 4 is 17.8 Å². The van der Waals surface area contributed by atoms with Crippen molar-refractivity contribution in [1.82, 2.24) is 25.1 Å². The van der Waals surface area contributed by atoms with Crippen molar-refractivity contribution in [3.8, 4) is 5.69 Å². The summed E-state index contributed by atoms with van der Waals surface area (Å²) in [6, 6.07) is 16.7. The quantitative estimate of drug-likeness (QED) is 0.521. The Kier molecular flexibility index (Phi) is 6.26. The van der Waals surface area contributed by atoms with E-state index in [4.69, 9.17) is 0 Å². The largest absolute Gasteiger partial charge is 0.348 e. The van der Waals surface area contributed by atoms with Crippen LogP contribution in [0.2, 0.25) is 0 Å². The second-order valence-corrected chi connectivity index (χ2v) is 8.49. The number of imide groups is 1. The molecule has 1 aliphatic heterocycles. The number of hydrogen-bond donors (Lipinski definition) is 2. The van der Waals surface area contributed by atoms with E-state index in [0.717, 1.165) is 21.7 Å². The predicted molar refractivity (Wildman–Crippen MR) is 124 cm³/mol. The molecular formula is C25H27N5O3. The molecule has 2 atom stereocenters. The molecule has 8 heteroatoms. The van der Waals surface area contributed by atoms with Gasteiger partial charge in [0.15, 0.2) is 0 Å². The molecule has 1 saturated heterocycles. The molecule has 0 aliphatic carbocycles. The summed E-state index contributed by atoms with van der Waals surface area (Å²) in [7, 11) is 0. The van der Waals surface area contributed by atoms with Crippen LogP contribution in [-0.2, 0) is 16.0 Å². The zero-order valence-corrected chi connectivity index (χ0v) is 18.7. The second kappa shape index (κ2) is 9.28. The number of aryl methyl sites for hydroxylation is 1. The number of nitrogens with one attached hydrogen (secondary N) is 2. The fourth-order valence-corrected chi connectivity index (χ4v) is 3.96. The lowest BCUT2D eigenvalue weighted by atomic mass is 9.93. The average Bonchev–Trinajstić information content (AvgIpc) is 3.42. The molecule has 4 rings (SSSR count). The highest BCUT2D eigenvalue weighted by Crippen LogP contribution is 2.23. The molecule has 0 saturated carbocycles. The maximum atomic E-state index is 13.0. The van der Waals surface area contributed by atoms with Gasteiger partial charge in [0, 0.05) is 18.1 Å². The average molecular weight is 446 g/mol. The molecule has 2 heterocycles. The van der Waals surface area contributed by atoms with Crippen LogP contribution in [0.3, 0.4) is 0 Å². The van der Waals surface area contributed by atoms with Crippen molar-refractivity contribution in [3.63, 3.8) is 0 Å². The van der Waals surface area contributed by atoms with E-state index in [2.05, 4.69) is 15.6 Å². The van der Waals surface area contributed by atoms with E-state index in [9.17, 15) is 14.4 Å². The molecule has 8 nitrogen and oxygen atoms in total. The maximum Gasteiger partial charge on any atom is 0.325 e. The fraction of sp³-hybridized carbons (Fsp3) is 0.280. The molecule has 0 bridgehead atoms. The van der Waals surface area contributed by atoms with Crippen molar-refractivity contribution in [1.29, 1.82) is 0 Å². The third-order valence-electron chi connectivity index (χ3n) is 5.98. The number of imidazole rings is 1. The lowest BCUT2D eigenvalue weighted by Crippen LogP contribution is -2.45. The van der Waals surface area contributed by atoms with Gasteiger partial charge in [-0.25, -0.2) is 9.78 Å². The Morgan fingerprint density at radius 1 is 1.12 bits per heavy atom. The monoisotopic (exact) mass is 445 g/mol. The summed E-state index contributed by atoms with van der Waals surface area (Å²) in [5, 5.41) is 5.63. The number of aromatic nitrogens is 2. The van der Waals surface area contributed by atoms with Crippen LogP contribution >= 0.6 is 0 Å². The highest BCUT2D eigenvalue weighted by atomic mass is 16.2. The minimum absolute atomic E-state index is 0.278. The zero-order valence-electron chi connectivity index (χ0n) is 18.7. The van der Waals surface area contributed by atoms with Gasteiger partial charge in [-0.2, -0.15) is 0 Å². The van der Waals surface area contributed by atoms with Crippen molar-refractivity contribution < 1.29 is 14.4 Å². The first-order chi connectivity index (χ1) is 15.9. The summed E-state index contributed by atoms with van der Waals surface area (Å²) in [4.78, 5) is 43.1. The van der Waals surface area contributed by atoms with Crippen molar-refractivity contribution in [2.75, 3.05) is 6.54 Å². The van der Waals surface area contributed by atoms with Gasteiger partial charge in [0.25, 0.3) is 5.91 Å². The molecule has 33 heavy (non-hydrogen) atoms. The van der Waals surface area contributed by atoms with Gasteiger partial charge >= 0.3 is 6.03 Å². The van der Waals surface area contributed by atoms with Gasteiger partial charge in [0.05, 0.1) is 12.4 Å². The summed E-state index contributed by atoms with van der Waals surface area (Å²) in [5.41, 5.74) is 1.94. The number of amides is 4. The second-order valence-electron chi connectivity index (χ2n) is 8.49. The molecule has 0 radical (unpaired) electrons. The van der Waals surface area contributed by atoms with E-state index < -0.39 is 17.5 Å². The molecule has 1 aromatic heterocycles. The first-order valence-electron chi connectivity index (χ1n) is 10.9. The van der Waals surface area contributed by atoms with Crippen LogP contribution in [-0.4, -0.2) is 44.4 Å². The molecule has 2 N–H and O–H groups in total. The number of urea groups is 1. The van der Waals surface area contributed by atoms with Gasteiger partial charge in [-0.3, -0.25) is 14.5 Å². The normalized spacial score (nSPS) is 18.8. The minimum Gasteiger partial charge on any atom is -0.348 e. The Labute approximate surface area is 192 Å². The summed E-state index contributed by atoms with van der Waals surface area (Å²) < 4.78 is 1.89. The predicted octanol–water partition coefficient (Wildman–Crippen LogP) is 2.99. The van der Waals surface area contributed by atoms with Gasteiger partial charge < -0.3 is 15.2 Å². The van der Waals surface area contributed by atoms with Crippen LogP contribution < -0.4 is 10.6 Å². The molecule has 2 unspecified atom stereocenters. The highest BCUT2D eigenvalue weighted by Gasteiger charge is 2.47. The first-order valence-corrected chi connectivity index (χ1v) is 10.9. The summed E-state index contributed by atoms with van der Waals surface area (Å²) >= 11 is 0. The Morgan fingerprint density at radius 2 is 1.85 bits per heavy atom. The van der Waals surface area contributed by atoms with E-state index in [-0.39, 0.29) is 18.5 Å². The summed E-state index contributed by atoms with van der Waals surface area (Å²) in [6.45, 7) is 3.25. The van der Waals surface area contributed by atoms with Crippen LogP contribution in [0.25, 0.3) is 5.69 Å². The van der Waals surface area contributed by atoms with E-state index >= 15 is 0 Å². The van der Waals surface area contributed by atoms with Crippen LogP contribution in [0.4, 0.5) is 4.79 Å². The van der Waals surface area contributed by atoms with Crippen LogP contribution in [0.5, 0.6) is 0 Å². The molecule has 1 fully saturated rings.